The van der Waals surface area contributed by atoms with Gasteiger partial charge in [-0.25, -0.2) is 9.50 Å². The van der Waals surface area contributed by atoms with E-state index in [1.54, 1.807) is 17.0 Å². The first-order chi connectivity index (χ1) is 8.31. The summed E-state index contributed by atoms with van der Waals surface area (Å²) in [6, 6.07) is 0. The van der Waals surface area contributed by atoms with E-state index in [1.165, 1.54) is 0 Å². The number of rotatable bonds is 6. The lowest BCUT2D eigenvalue weighted by molar-refractivity contribution is 0.147. The van der Waals surface area contributed by atoms with Gasteiger partial charge >= 0.3 is 0 Å². The van der Waals surface area contributed by atoms with Crippen molar-refractivity contribution in [3.8, 4) is 0 Å². The van der Waals surface area contributed by atoms with Gasteiger partial charge in [0.15, 0.2) is 5.65 Å². The summed E-state index contributed by atoms with van der Waals surface area (Å²) in [6.45, 7) is 6.30. The van der Waals surface area contributed by atoms with Crippen LogP contribution in [-0.2, 0) is 4.74 Å². The van der Waals surface area contributed by atoms with Crippen molar-refractivity contribution >= 4 is 11.6 Å². The number of nitrogens with zero attached hydrogens (tertiary/aromatic N) is 4. The molecule has 0 aliphatic rings. The van der Waals surface area contributed by atoms with Gasteiger partial charge in [0, 0.05) is 25.3 Å². The highest BCUT2D eigenvalue weighted by Gasteiger charge is 2.03. The van der Waals surface area contributed by atoms with Crippen molar-refractivity contribution < 1.29 is 4.74 Å². The highest BCUT2D eigenvalue weighted by Crippen LogP contribution is 2.07. The van der Waals surface area contributed by atoms with E-state index in [0.29, 0.717) is 5.95 Å². The van der Waals surface area contributed by atoms with Crippen LogP contribution in [0.1, 0.15) is 18.9 Å². The first-order valence-electron chi connectivity index (χ1n) is 5.80. The number of anilines is 1. The summed E-state index contributed by atoms with van der Waals surface area (Å²) in [4.78, 5) is 8.57. The second-order valence-corrected chi connectivity index (χ2v) is 3.75. The molecule has 0 unspecified atom stereocenters. The van der Waals surface area contributed by atoms with Gasteiger partial charge in [-0.1, -0.05) is 0 Å². The average Bonchev–Trinajstić information content (AvgIpc) is 2.71. The molecule has 0 aliphatic carbocycles. The summed E-state index contributed by atoms with van der Waals surface area (Å²) in [6.07, 6.45) is 4.39. The molecule has 0 aromatic carbocycles. The second-order valence-electron chi connectivity index (χ2n) is 3.75. The summed E-state index contributed by atoms with van der Waals surface area (Å²) < 4.78 is 6.92. The SMILES string of the molecule is CCOCCCNc1ncn2ncc(C)c2n1. The molecular formula is C11H17N5O. The number of aromatic nitrogens is 4. The van der Waals surface area contributed by atoms with Crippen LogP contribution in [-0.4, -0.2) is 39.3 Å². The number of fused-ring (bicyclic) bond motifs is 1. The molecule has 2 aromatic heterocycles. The zero-order valence-electron chi connectivity index (χ0n) is 10.2. The fraction of sp³-hybridized carbons (Fsp3) is 0.545. The second kappa shape index (κ2) is 5.58. The Morgan fingerprint density at radius 2 is 2.35 bits per heavy atom. The Morgan fingerprint density at radius 3 is 3.18 bits per heavy atom. The molecule has 1 N–H and O–H groups in total. The molecule has 0 atom stereocenters. The molecule has 6 heteroatoms. The summed E-state index contributed by atoms with van der Waals surface area (Å²) in [5.41, 5.74) is 1.89. The summed E-state index contributed by atoms with van der Waals surface area (Å²) in [7, 11) is 0. The maximum absolute atomic E-state index is 5.25. The lowest BCUT2D eigenvalue weighted by Crippen LogP contribution is -2.09. The molecule has 0 amide bonds. The van der Waals surface area contributed by atoms with Crippen LogP contribution < -0.4 is 5.32 Å². The minimum atomic E-state index is 0.637. The molecule has 92 valence electrons. The average molecular weight is 235 g/mol. The van der Waals surface area contributed by atoms with E-state index in [-0.39, 0.29) is 0 Å². The van der Waals surface area contributed by atoms with Crippen LogP contribution >= 0.6 is 0 Å². The van der Waals surface area contributed by atoms with E-state index in [0.717, 1.165) is 37.4 Å². The molecule has 0 spiro atoms. The monoisotopic (exact) mass is 235 g/mol. The van der Waals surface area contributed by atoms with Gasteiger partial charge in [-0.3, -0.25) is 0 Å². The van der Waals surface area contributed by atoms with Crippen LogP contribution in [0.15, 0.2) is 12.5 Å². The Hall–Kier alpha value is -1.69. The van der Waals surface area contributed by atoms with E-state index in [4.69, 9.17) is 4.74 Å². The zero-order valence-corrected chi connectivity index (χ0v) is 10.2. The van der Waals surface area contributed by atoms with Crippen LogP contribution in [0.4, 0.5) is 5.95 Å². The molecule has 2 heterocycles. The minimum absolute atomic E-state index is 0.637. The highest BCUT2D eigenvalue weighted by atomic mass is 16.5. The summed E-state index contributed by atoms with van der Waals surface area (Å²) in [5.74, 6) is 0.637. The van der Waals surface area contributed by atoms with Crippen molar-refractivity contribution in [3.63, 3.8) is 0 Å². The Labute approximate surface area is 100 Å². The summed E-state index contributed by atoms with van der Waals surface area (Å²) >= 11 is 0. The van der Waals surface area contributed by atoms with E-state index in [1.807, 2.05) is 13.8 Å². The van der Waals surface area contributed by atoms with E-state index in [2.05, 4.69) is 20.4 Å². The molecule has 0 bridgehead atoms. The van der Waals surface area contributed by atoms with Crippen molar-refractivity contribution in [2.45, 2.75) is 20.3 Å². The van der Waals surface area contributed by atoms with Gasteiger partial charge < -0.3 is 10.1 Å². The molecule has 0 saturated carbocycles. The first kappa shape index (κ1) is 11.8. The van der Waals surface area contributed by atoms with Gasteiger partial charge in [0.2, 0.25) is 5.95 Å². The van der Waals surface area contributed by atoms with Crippen molar-refractivity contribution in [1.29, 1.82) is 0 Å². The van der Waals surface area contributed by atoms with Gasteiger partial charge in [-0.2, -0.15) is 10.1 Å². The fourth-order valence-electron chi connectivity index (χ4n) is 1.51. The van der Waals surface area contributed by atoms with Crippen LogP contribution in [0.5, 0.6) is 0 Å². The third kappa shape index (κ3) is 2.91. The van der Waals surface area contributed by atoms with Crippen molar-refractivity contribution in [2.75, 3.05) is 25.1 Å². The van der Waals surface area contributed by atoms with Crippen LogP contribution in [0.2, 0.25) is 0 Å². The van der Waals surface area contributed by atoms with E-state index in [9.17, 15) is 0 Å². The van der Waals surface area contributed by atoms with Gasteiger partial charge in [-0.15, -0.1) is 0 Å². The lowest BCUT2D eigenvalue weighted by atomic mass is 10.4. The van der Waals surface area contributed by atoms with Crippen LogP contribution in [0.25, 0.3) is 5.65 Å². The largest absolute Gasteiger partial charge is 0.382 e. The smallest absolute Gasteiger partial charge is 0.226 e. The molecular weight excluding hydrogens is 218 g/mol. The quantitative estimate of drug-likeness (QED) is 0.764. The summed E-state index contributed by atoms with van der Waals surface area (Å²) in [5, 5.41) is 7.29. The minimum Gasteiger partial charge on any atom is -0.382 e. The molecule has 17 heavy (non-hydrogen) atoms. The maximum Gasteiger partial charge on any atom is 0.226 e. The van der Waals surface area contributed by atoms with Crippen molar-refractivity contribution in [3.05, 3.63) is 18.1 Å². The van der Waals surface area contributed by atoms with E-state index < -0.39 is 0 Å². The van der Waals surface area contributed by atoms with Crippen LogP contribution in [0, 0.1) is 6.92 Å². The maximum atomic E-state index is 5.25. The Bertz CT molecular complexity index is 482. The Morgan fingerprint density at radius 1 is 1.47 bits per heavy atom. The normalized spacial score (nSPS) is 10.9. The number of hydrogen-bond acceptors (Lipinski definition) is 5. The molecule has 2 aromatic rings. The van der Waals surface area contributed by atoms with Gasteiger partial charge in [-0.05, 0) is 20.3 Å². The number of ether oxygens (including phenoxy) is 1. The highest BCUT2D eigenvalue weighted by molar-refractivity contribution is 5.47. The molecule has 2 rings (SSSR count). The molecule has 0 saturated heterocycles. The number of hydrogen-bond donors (Lipinski definition) is 1. The van der Waals surface area contributed by atoms with Gasteiger partial charge in [0.1, 0.15) is 6.33 Å². The van der Waals surface area contributed by atoms with Crippen molar-refractivity contribution in [1.82, 2.24) is 19.6 Å². The first-order valence-corrected chi connectivity index (χ1v) is 5.80. The van der Waals surface area contributed by atoms with Crippen LogP contribution in [0.3, 0.4) is 0 Å². The van der Waals surface area contributed by atoms with E-state index >= 15 is 0 Å². The fourth-order valence-corrected chi connectivity index (χ4v) is 1.51. The Kier molecular flexibility index (Phi) is 3.87. The predicted molar refractivity (Wildman–Crippen MR) is 65.1 cm³/mol. The predicted octanol–water partition coefficient (Wildman–Crippen LogP) is 1.27. The van der Waals surface area contributed by atoms with Gasteiger partial charge in [0.05, 0.1) is 6.20 Å². The number of nitrogens with one attached hydrogen (secondary N) is 1. The lowest BCUT2D eigenvalue weighted by Gasteiger charge is -2.04. The van der Waals surface area contributed by atoms with Crippen molar-refractivity contribution in [2.24, 2.45) is 0 Å². The zero-order chi connectivity index (χ0) is 12.1. The molecule has 0 radical (unpaired) electrons. The Balaban J connectivity index is 1.92. The van der Waals surface area contributed by atoms with Gasteiger partial charge in [0.25, 0.3) is 0 Å². The molecule has 0 fully saturated rings. The standard InChI is InChI=1S/C11H17N5O/c1-3-17-6-4-5-12-11-13-8-16-10(15-11)9(2)7-14-16/h7-8H,3-6H2,1-2H3,(H,12,15). The molecule has 0 aliphatic heterocycles. The number of aryl methyl sites for hydroxylation is 1. The third-order valence-corrected chi connectivity index (χ3v) is 2.40. The third-order valence-electron chi connectivity index (χ3n) is 2.40. The topological polar surface area (TPSA) is 64.3 Å². The molecule has 6 nitrogen and oxygen atoms in total.